The minimum atomic E-state index is 0.0425. The van der Waals surface area contributed by atoms with Gasteiger partial charge in [0.1, 0.15) is 0 Å². The molecule has 156 valence electrons. The van der Waals surface area contributed by atoms with Crippen molar-refractivity contribution in [1.82, 2.24) is 29.5 Å². The van der Waals surface area contributed by atoms with Crippen LogP contribution in [-0.2, 0) is 11.3 Å². The Bertz CT molecular complexity index is 1140. The Labute approximate surface area is 178 Å². The third-order valence-electron chi connectivity index (χ3n) is 5.79. The van der Waals surface area contributed by atoms with E-state index in [0.29, 0.717) is 18.3 Å². The Hall–Kier alpha value is -2.62. The highest BCUT2D eigenvalue weighted by Gasteiger charge is 2.27. The summed E-state index contributed by atoms with van der Waals surface area (Å²) < 4.78 is 10.5. The van der Waals surface area contributed by atoms with Crippen molar-refractivity contribution in [2.75, 3.05) is 19.8 Å². The van der Waals surface area contributed by atoms with Gasteiger partial charge in [0.25, 0.3) is 0 Å². The van der Waals surface area contributed by atoms with E-state index in [1.54, 1.807) is 22.2 Å². The quantitative estimate of drug-likeness (QED) is 0.510. The fourth-order valence-corrected chi connectivity index (χ4v) is 4.78. The molecule has 0 spiro atoms. The molecule has 1 fully saturated rings. The van der Waals surface area contributed by atoms with Crippen molar-refractivity contribution in [3.63, 3.8) is 0 Å². The normalized spacial score (nSPS) is 16.3. The van der Waals surface area contributed by atoms with Gasteiger partial charge in [-0.05, 0) is 37.8 Å². The van der Waals surface area contributed by atoms with Gasteiger partial charge in [-0.15, -0.1) is 11.3 Å². The van der Waals surface area contributed by atoms with Crippen molar-refractivity contribution in [1.29, 1.82) is 0 Å². The summed E-state index contributed by atoms with van der Waals surface area (Å²) in [5, 5.41) is 18.4. The van der Waals surface area contributed by atoms with Crippen LogP contribution >= 0.6 is 11.3 Å². The van der Waals surface area contributed by atoms with Crippen LogP contribution in [0.2, 0.25) is 0 Å². The highest BCUT2D eigenvalue weighted by molar-refractivity contribution is 7.16. The summed E-state index contributed by atoms with van der Waals surface area (Å²) in [5.41, 5.74) is 4.66. The maximum absolute atomic E-state index is 9.18. The van der Waals surface area contributed by atoms with E-state index in [1.165, 1.54) is 0 Å². The highest BCUT2D eigenvalue weighted by atomic mass is 32.1. The van der Waals surface area contributed by atoms with Crippen molar-refractivity contribution in [3.8, 4) is 22.8 Å². The van der Waals surface area contributed by atoms with Crippen molar-refractivity contribution in [2.24, 2.45) is 5.92 Å². The molecule has 8 nitrogen and oxygen atoms in total. The third kappa shape index (κ3) is 3.53. The molecule has 1 atom stereocenters. The molecule has 0 saturated carbocycles. The first kappa shape index (κ1) is 19.3. The van der Waals surface area contributed by atoms with Crippen molar-refractivity contribution >= 4 is 21.6 Å². The highest BCUT2D eigenvalue weighted by Crippen LogP contribution is 2.35. The number of hydrogen-bond acceptors (Lipinski definition) is 7. The molecule has 30 heavy (non-hydrogen) atoms. The standard InChI is InChI=1S/C21H24N6O2S/c1-14(15-5-9-29-10-6-15)27-21(17-3-2-4-18-19(17)22-13-30-18)24-20(25-27)16-11-23-26(12-16)7-8-28/h2-4,11-15,28H,5-10H2,1H3. The minimum Gasteiger partial charge on any atom is -0.394 e. The first-order valence-corrected chi connectivity index (χ1v) is 11.1. The molecular weight excluding hydrogens is 400 g/mol. The van der Waals surface area contributed by atoms with Gasteiger partial charge in [-0.25, -0.2) is 14.6 Å². The summed E-state index contributed by atoms with van der Waals surface area (Å²) in [6.07, 6.45) is 5.67. The van der Waals surface area contributed by atoms with E-state index in [1.807, 2.05) is 17.8 Å². The Balaban J connectivity index is 1.61. The number of aliphatic hydroxyl groups excluding tert-OH is 1. The van der Waals surface area contributed by atoms with Crippen LogP contribution in [0, 0.1) is 5.92 Å². The lowest BCUT2D eigenvalue weighted by Crippen LogP contribution is -2.25. The minimum absolute atomic E-state index is 0.0425. The average Bonchev–Trinajstić information content (AvgIpc) is 3.52. The summed E-state index contributed by atoms with van der Waals surface area (Å²) in [6.45, 7) is 4.29. The SMILES string of the molecule is CC(C1CCOCC1)n1nc(-c2cnn(CCO)c2)nc1-c1cccc2scnc12. The van der Waals surface area contributed by atoms with E-state index >= 15 is 0 Å². The van der Waals surface area contributed by atoms with Crippen molar-refractivity contribution < 1.29 is 9.84 Å². The van der Waals surface area contributed by atoms with Gasteiger partial charge in [0.2, 0.25) is 0 Å². The molecule has 9 heteroatoms. The molecule has 4 heterocycles. The zero-order valence-electron chi connectivity index (χ0n) is 16.8. The third-order valence-corrected chi connectivity index (χ3v) is 6.58. The summed E-state index contributed by atoms with van der Waals surface area (Å²) in [6, 6.07) is 6.39. The first-order chi connectivity index (χ1) is 14.7. The van der Waals surface area contributed by atoms with E-state index in [4.69, 9.17) is 14.8 Å². The molecule has 1 N–H and O–H groups in total. The lowest BCUT2D eigenvalue weighted by molar-refractivity contribution is 0.0498. The van der Waals surface area contributed by atoms with Crippen LogP contribution in [0.5, 0.6) is 0 Å². The van der Waals surface area contributed by atoms with E-state index in [0.717, 1.165) is 53.2 Å². The van der Waals surface area contributed by atoms with Crippen LogP contribution in [0.25, 0.3) is 33.0 Å². The summed E-state index contributed by atoms with van der Waals surface area (Å²) in [5.74, 6) is 1.95. The monoisotopic (exact) mass is 424 g/mol. The molecule has 1 saturated heterocycles. The maximum Gasteiger partial charge on any atom is 0.184 e. The van der Waals surface area contributed by atoms with Gasteiger partial charge < -0.3 is 9.84 Å². The second-order valence-corrected chi connectivity index (χ2v) is 8.50. The number of aliphatic hydroxyl groups is 1. The Kier molecular flexibility index (Phi) is 5.32. The van der Waals surface area contributed by atoms with Crippen LogP contribution in [0.1, 0.15) is 25.8 Å². The molecule has 1 aromatic carbocycles. The molecule has 0 bridgehead atoms. The van der Waals surface area contributed by atoms with Crippen LogP contribution in [0.3, 0.4) is 0 Å². The van der Waals surface area contributed by atoms with Crippen molar-refractivity contribution in [3.05, 3.63) is 36.1 Å². The molecule has 4 aromatic rings. The number of thiazole rings is 1. The predicted octanol–water partition coefficient (Wildman–Crippen LogP) is 3.40. The lowest BCUT2D eigenvalue weighted by Gasteiger charge is -2.28. The van der Waals surface area contributed by atoms with Gasteiger partial charge in [0.05, 0.1) is 46.7 Å². The van der Waals surface area contributed by atoms with Crippen LogP contribution in [0.15, 0.2) is 36.1 Å². The van der Waals surface area contributed by atoms with Gasteiger partial charge >= 0.3 is 0 Å². The zero-order valence-corrected chi connectivity index (χ0v) is 17.6. The molecule has 0 aliphatic carbocycles. The number of hydrogen-bond donors (Lipinski definition) is 1. The van der Waals surface area contributed by atoms with Crippen LogP contribution in [-0.4, -0.2) is 54.5 Å². The van der Waals surface area contributed by atoms with Gasteiger partial charge in [0, 0.05) is 25.0 Å². The molecule has 1 unspecified atom stereocenters. The number of nitrogens with zero attached hydrogens (tertiary/aromatic N) is 6. The van der Waals surface area contributed by atoms with E-state index in [2.05, 4.69) is 33.8 Å². The van der Waals surface area contributed by atoms with Crippen LogP contribution in [0.4, 0.5) is 0 Å². The second-order valence-electron chi connectivity index (χ2n) is 7.61. The van der Waals surface area contributed by atoms with Crippen molar-refractivity contribution in [2.45, 2.75) is 32.4 Å². The first-order valence-electron chi connectivity index (χ1n) is 10.2. The summed E-state index contributed by atoms with van der Waals surface area (Å²) in [4.78, 5) is 9.53. The van der Waals surface area contributed by atoms with E-state index in [9.17, 15) is 5.11 Å². The van der Waals surface area contributed by atoms with Gasteiger partial charge in [-0.1, -0.05) is 6.07 Å². The molecule has 0 radical (unpaired) electrons. The van der Waals surface area contributed by atoms with Crippen LogP contribution < -0.4 is 0 Å². The average molecular weight is 425 g/mol. The molecule has 5 rings (SSSR count). The number of rotatable bonds is 6. The fraction of sp³-hybridized carbons (Fsp3) is 0.429. The number of para-hydroxylation sites is 1. The Morgan fingerprint density at radius 2 is 2.17 bits per heavy atom. The Morgan fingerprint density at radius 1 is 1.30 bits per heavy atom. The number of fused-ring (bicyclic) bond motifs is 1. The largest absolute Gasteiger partial charge is 0.394 e. The fourth-order valence-electron chi connectivity index (χ4n) is 4.08. The smallest absolute Gasteiger partial charge is 0.184 e. The van der Waals surface area contributed by atoms with E-state index < -0.39 is 0 Å². The maximum atomic E-state index is 9.18. The number of benzene rings is 1. The van der Waals surface area contributed by atoms with Gasteiger partial charge in [-0.3, -0.25) is 4.68 Å². The summed E-state index contributed by atoms with van der Waals surface area (Å²) >= 11 is 1.63. The molecule has 1 aliphatic heterocycles. The number of aromatic nitrogens is 6. The predicted molar refractivity (Wildman–Crippen MR) is 115 cm³/mol. The zero-order chi connectivity index (χ0) is 20.5. The van der Waals surface area contributed by atoms with E-state index in [-0.39, 0.29) is 12.6 Å². The lowest BCUT2D eigenvalue weighted by atomic mass is 9.93. The summed E-state index contributed by atoms with van der Waals surface area (Å²) in [7, 11) is 0. The van der Waals surface area contributed by atoms with Gasteiger partial charge in [-0.2, -0.15) is 10.2 Å². The number of ether oxygens (including phenoxy) is 1. The molecule has 3 aromatic heterocycles. The Morgan fingerprint density at radius 3 is 3.00 bits per heavy atom. The topological polar surface area (TPSA) is 90.9 Å². The molecular formula is C21H24N6O2S. The molecule has 1 aliphatic rings. The van der Waals surface area contributed by atoms with Gasteiger partial charge in [0.15, 0.2) is 11.6 Å². The molecule has 0 amide bonds. The second kappa shape index (κ2) is 8.25.